The Morgan fingerprint density at radius 2 is 1.50 bits per heavy atom. The first-order valence-electron chi connectivity index (χ1n) is 15.2. The molecule has 1 aliphatic heterocycles. The molecule has 36 heavy (non-hydrogen) atoms. The second-order valence-electron chi connectivity index (χ2n) is 11.6. The van der Waals surface area contributed by atoms with Crippen LogP contribution in [0.5, 0.6) is 5.75 Å². The van der Waals surface area contributed by atoms with Crippen LogP contribution in [0.1, 0.15) is 135 Å². The molecule has 2 fully saturated rings. The molecule has 2 aliphatic rings. The molecule has 0 radical (unpaired) electrons. The Morgan fingerprint density at radius 3 is 2.14 bits per heavy atom. The van der Waals surface area contributed by atoms with Crippen LogP contribution in [-0.2, 0) is 9.53 Å². The monoisotopic (exact) mass is 496 g/mol. The highest BCUT2D eigenvalue weighted by Crippen LogP contribution is 2.40. The third-order valence-corrected chi connectivity index (χ3v) is 8.73. The molecule has 1 saturated carbocycles. The van der Waals surface area contributed by atoms with E-state index in [1.807, 2.05) is 0 Å². The summed E-state index contributed by atoms with van der Waals surface area (Å²) in [4.78, 5) is 12.0. The smallest absolute Gasteiger partial charge is 0.333 e. The Balaban J connectivity index is 1.50. The predicted molar refractivity (Wildman–Crippen MR) is 150 cm³/mol. The Labute approximate surface area is 221 Å². The maximum Gasteiger partial charge on any atom is 0.333 e. The highest BCUT2D eigenvalue weighted by molar-refractivity contribution is 5.90. The second kappa shape index (κ2) is 15.5. The van der Waals surface area contributed by atoms with Crippen molar-refractivity contribution in [2.75, 3.05) is 0 Å². The lowest BCUT2D eigenvalue weighted by atomic mass is 9.73. The summed E-state index contributed by atoms with van der Waals surface area (Å²) in [7, 11) is 0. The van der Waals surface area contributed by atoms with Gasteiger partial charge >= 0.3 is 5.97 Å². The molecule has 0 spiro atoms. The van der Waals surface area contributed by atoms with Crippen LogP contribution >= 0.6 is 0 Å². The zero-order chi connectivity index (χ0) is 25.8. The van der Waals surface area contributed by atoms with E-state index < -0.39 is 0 Å². The van der Waals surface area contributed by atoms with Crippen molar-refractivity contribution >= 4 is 5.97 Å². The fourth-order valence-electron chi connectivity index (χ4n) is 6.21. The van der Waals surface area contributed by atoms with E-state index in [2.05, 4.69) is 51.6 Å². The van der Waals surface area contributed by atoms with Gasteiger partial charge in [0.15, 0.2) is 0 Å². The topological polar surface area (TPSA) is 35.5 Å². The van der Waals surface area contributed by atoms with Gasteiger partial charge in [-0.1, -0.05) is 97.3 Å². The van der Waals surface area contributed by atoms with Gasteiger partial charge in [0, 0.05) is 12.0 Å². The number of carbonyl (C=O) groups is 1. The Morgan fingerprint density at radius 1 is 0.889 bits per heavy atom. The molecule has 3 heteroatoms. The van der Waals surface area contributed by atoms with Gasteiger partial charge < -0.3 is 9.47 Å². The van der Waals surface area contributed by atoms with Crippen molar-refractivity contribution in [3.05, 3.63) is 42.0 Å². The molecule has 0 aromatic heterocycles. The number of hydrogen-bond donors (Lipinski definition) is 0. The number of rotatable bonds is 16. The summed E-state index contributed by atoms with van der Waals surface area (Å²) in [6.45, 7) is 10.9. The van der Waals surface area contributed by atoms with E-state index in [0.29, 0.717) is 17.9 Å². The minimum atomic E-state index is -0.262. The summed E-state index contributed by atoms with van der Waals surface area (Å²) in [6, 6.07) is 8.81. The number of carbonyl (C=O) groups excluding carboxylic acids is 1. The van der Waals surface area contributed by atoms with Crippen LogP contribution in [0.15, 0.2) is 36.4 Å². The van der Waals surface area contributed by atoms with Crippen molar-refractivity contribution in [3.63, 3.8) is 0 Å². The maximum absolute atomic E-state index is 12.0. The van der Waals surface area contributed by atoms with Gasteiger partial charge in [-0.05, 0) is 74.0 Å². The zero-order valence-corrected chi connectivity index (χ0v) is 23.4. The first kappa shape index (κ1) is 28.8. The lowest BCUT2D eigenvalue weighted by molar-refractivity contribution is -0.142. The van der Waals surface area contributed by atoms with E-state index in [-0.39, 0.29) is 18.2 Å². The average Bonchev–Trinajstić information content (AvgIpc) is 3.23. The first-order valence-corrected chi connectivity index (χ1v) is 15.2. The molecule has 1 aromatic rings. The largest absolute Gasteiger partial charge is 0.487 e. The average molecular weight is 497 g/mol. The van der Waals surface area contributed by atoms with Crippen LogP contribution < -0.4 is 4.74 Å². The van der Waals surface area contributed by atoms with Gasteiger partial charge in [-0.2, -0.15) is 0 Å². The number of ether oxygens (including phenoxy) is 2. The van der Waals surface area contributed by atoms with Crippen molar-refractivity contribution < 1.29 is 14.3 Å². The van der Waals surface area contributed by atoms with Gasteiger partial charge in [-0.25, -0.2) is 4.79 Å². The highest BCUT2D eigenvalue weighted by atomic mass is 16.6. The van der Waals surface area contributed by atoms with Crippen molar-refractivity contribution in [1.82, 2.24) is 0 Å². The molecular weight excluding hydrogens is 444 g/mol. The second-order valence-corrected chi connectivity index (χ2v) is 11.6. The Bertz CT molecular complexity index is 759. The van der Waals surface area contributed by atoms with Crippen LogP contribution in [-0.4, -0.2) is 18.2 Å². The number of esters is 1. The standard InChI is InChI=1S/C33H52O3/c1-5-7-9-10-11-13-15-31(32-24-26(4)33(34)36-32)35-30-22-20-29(21-23-30)28-18-16-27(17-19-28)25(3)14-12-8-6-2/h20-23,25,27-28,31-32H,4-19,24H2,1-3H3. The summed E-state index contributed by atoms with van der Waals surface area (Å²) >= 11 is 0. The SMILES string of the molecule is C=C1CC(C(CCCCCCCC)Oc2ccc(C3CCC(C(C)CCCCC)CC3)cc2)OC1=O. The zero-order valence-electron chi connectivity index (χ0n) is 23.4. The Kier molecular flexibility index (Phi) is 12.4. The van der Waals surface area contributed by atoms with Gasteiger partial charge in [0.25, 0.3) is 0 Å². The van der Waals surface area contributed by atoms with Crippen LogP contribution in [0.3, 0.4) is 0 Å². The van der Waals surface area contributed by atoms with Gasteiger partial charge in [0.05, 0.1) is 0 Å². The van der Waals surface area contributed by atoms with Crippen LogP contribution in [0.2, 0.25) is 0 Å². The summed E-state index contributed by atoms with van der Waals surface area (Å²) in [5, 5.41) is 0. The Hall–Kier alpha value is -1.77. The first-order chi connectivity index (χ1) is 17.5. The number of benzene rings is 1. The molecule has 0 bridgehead atoms. The molecule has 3 unspecified atom stereocenters. The van der Waals surface area contributed by atoms with Crippen molar-refractivity contribution in [2.24, 2.45) is 11.8 Å². The summed E-state index contributed by atoms with van der Waals surface area (Å²) in [5.74, 6) is 3.09. The molecule has 3 nitrogen and oxygen atoms in total. The molecule has 0 N–H and O–H groups in total. The predicted octanol–water partition coefficient (Wildman–Crippen LogP) is 9.55. The molecular formula is C33H52O3. The third kappa shape index (κ3) is 8.96. The fourth-order valence-corrected chi connectivity index (χ4v) is 6.21. The van der Waals surface area contributed by atoms with E-state index in [4.69, 9.17) is 9.47 Å². The molecule has 1 saturated heterocycles. The van der Waals surface area contributed by atoms with Crippen LogP contribution in [0.4, 0.5) is 0 Å². The van der Waals surface area contributed by atoms with Crippen molar-refractivity contribution in [3.8, 4) is 5.75 Å². The number of unbranched alkanes of at least 4 members (excludes halogenated alkanes) is 7. The van der Waals surface area contributed by atoms with Gasteiger partial charge in [-0.3, -0.25) is 0 Å². The molecule has 202 valence electrons. The number of hydrogen-bond acceptors (Lipinski definition) is 3. The van der Waals surface area contributed by atoms with E-state index in [1.54, 1.807) is 0 Å². The van der Waals surface area contributed by atoms with E-state index in [1.165, 1.54) is 89.0 Å². The van der Waals surface area contributed by atoms with Crippen molar-refractivity contribution in [1.29, 1.82) is 0 Å². The van der Waals surface area contributed by atoms with E-state index >= 15 is 0 Å². The molecule has 1 heterocycles. The summed E-state index contributed by atoms with van der Waals surface area (Å²) in [5.41, 5.74) is 2.02. The molecule has 3 atom stereocenters. The van der Waals surface area contributed by atoms with Crippen LogP contribution in [0, 0.1) is 11.8 Å². The normalized spacial score (nSPS) is 23.9. The molecule has 0 amide bonds. The maximum atomic E-state index is 12.0. The fraction of sp³-hybridized carbons (Fsp3) is 0.727. The summed E-state index contributed by atoms with van der Waals surface area (Å²) < 4.78 is 12.1. The quantitative estimate of drug-likeness (QED) is 0.130. The lowest BCUT2D eigenvalue weighted by Gasteiger charge is -2.32. The van der Waals surface area contributed by atoms with Crippen molar-refractivity contribution in [2.45, 2.75) is 142 Å². The van der Waals surface area contributed by atoms with Gasteiger partial charge in [0.2, 0.25) is 0 Å². The van der Waals surface area contributed by atoms with E-state index in [9.17, 15) is 4.79 Å². The minimum Gasteiger partial charge on any atom is -0.487 e. The lowest BCUT2D eigenvalue weighted by Crippen LogP contribution is -2.31. The van der Waals surface area contributed by atoms with Gasteiger partial charge in [-0.15, -0.1) is 0 Å². The number of cyclic esters (lactones) is 1. The molecule has 1 aliphatic carbocycles. The third-order valence-electron chi connectivity index (χ3n) is 8.73. The van der Waals surface area contributed by atoms with Gasteiger partial charge in [0.1, 0.15) is 18.0 Å². The van der Waals surface area contributed by atoms with E-state index in [0.717, 1.165) is 30.4 Å². The summed E-state index contributed by atoms with van der Waals surface area (Å²) in [6.07, 6.45) is 19.5. The molecule has 1 aromatic carbocycles. The van der Waals surface area contributed by atoms with Crippen LogP contribution in [0.25, 0.3) is 0 Å². The minimum absolute atomic E-state index is 0.102. The highest BCUT2D eigenvalue weighted by Gasteiger charge is 2.35. The molecule has 3 rings (SSSR count).